The summed E-state index contributed by atoms with van der Waals surface area (Å²) in [6.07, 6.45) is -4.67. The predicted molar refractivity (Wildman–Crippen MR) is 108 cm³/mol. The monoisotopic (exact) mass is 507 g/mol. The fourth-order valence-corrected chi connectivity index (χ4v) is 3.78. The van der Waals surface area contributed by atoms with Gasteiger partial charge in [0, 0.05) is 44.6 Å². The summed E-state index contributed by atoms with van der Waals surface area (Å²) in [5.41, 5.74) is -0.259. The molecular weight excluding hydrogens is 484 g/mol. The molecule has 1 atom stereocenters. The number of alkyl halides is 3. The summed E-state index contributed by atoms with van der Waals surface area (Å²) in [7, 11) is 0. The van der Waals surface area contributed by atoms with Gasteiger partial charge in [-0.1, -0.05) is 0 Å². The maximum absolute atomic E-state index is 14.2. The molecule has 0 aliphatic carbocycles. The van der Waals surface area contributed by atoms with Crippen LogP contribution in [0.1, 0.15) is 42.9 Å². The second-order valence-electron chi connectivity index (χ2n) is 8.12. The first kappa shape index (κ1) is 26.4. The Kier molecular flexibility index (Phi) is 8.35. The van der Waals surface area contributed by atoms with Gasteiger partial charge in [-0.05, 0) is 30.9 Å². The maximum Gasteiger partial charge on any atom is 0.451 e. The lowest BCUT2D eigenvalue weighted by Crippen LogP contribution is -2.44. The van der Waals surface area contributed by atoms with Crippen LogP contribution in [-0.2, 0) is 35.3 Å². The minimum atomic E-state index is -4.70. The van der Waals surface area contributed by atoms with Gasteiger partial charge in [0.25, 0.3) is 0 Å². The van der Waals surface area contributed by atoms with Crippen molar-refractivity contribution in [1.82, 2.24) is 25.0 Å². The maximum atomic E-state index is 14.2. The number of fused-ring (bicyclic) bond motifs is 1. The molecule has 0 saturated heterocycles. The van der Waals surface area contributed by atoms with Crippen LogP contribution in [0.5, 0.6) is 0 Å². The van der Waals surface area contributed by atoms with E-state index in [1.807, 2.05) is 0 Å². The highest BCUT2D eigenvalue weighted by molar-refractivity contribution is 5.80. The van der Waals surface area contributed by atoms with E-state index in [-0.39, 0.29) is 56.9 Å². The molecule has 2 N–H and O–H groups in total. The number of carbonyl (C=O) groups is 2. The standard InChI is InChI=1S/C21H23F6N5O3/c22-14-10-16(24)15(23)8-12(14)7-13(28-18(34)3-1-2-6-33)9-19(35)31-4-5-32-17(11-31)29-30-20(32)21(25,26)27/h8,10,13,33H,1-7,9,11H2,(H,28,34)/t13-/m1/s1. The lowest BCUT2D eigenvalue weighted by Gasteiger charge is -2.29. The van der Waals surface area contributed by atoms with Gasteiger partial charge in [-0.15, -0.1) is 10.2 Å². The fourth-order valence-electron chi connectivity index (χ4n) is 3.78. The van der Waals surface area contributed by atoms with Gasteiger partial charge in [0.05, 0.1) is 6.54 Å². The second kappa shape index (κ2) is 11.1. The predicted octanol–water partition coefficient (Wildman–Crippen LogP) is 2.34. The Hall–Kier alpha value is -3.16. The first-order valence-electron chi connectivity index (χ1n) is 10.8. The number of aliphatic hydroxyl groups excluding tert-OH is 1. The van der Waals surface area contributed by atoms with Crippen molar-refractivity contribution in [3.8, 4) is 0 Å². The van der Waals surface area contributed by atoms with Crippen LogP contribution in [-0.4, -0.2) is 55.8 Å². The summed E-state index contributed by atoms with van der Waals surface area (Å²) in [6, 6.07) is -0.00116. The largest absolute Gasteiger partial charge is 0.451 e. The molecule has 2 heterocycles. The van der Waals surface area contributed by atoms with Crippen molar-refractivity contribution < 1.29 is 41.0 Å². The number of rotatable bonds is 9. The van der Waals surface area contributed by atoms with Crippen LogP contribution in [0.3, 0.4) is 0 Å². The Labute approximate surface area is 195 Å². The van der Waals surface area contributed by atoms with E-state index in [0.717, 1.165) is 4.57 Å². The van der Waals surface area contributed by atoms with E-state index in [1.165, 1.54) is 4.90 Å². The van der Waals surface area contributed by atoms with Crippen molar-refractivity contribution in [1.29, 1.82) is 0 Å². The van der Waals surface area contributed by atoms with Crippen molar-refractivity contribution in [2.24, 2.45) is 0 Å². The summed E-state index contributed by atoms with van der Waals surface area (Å²) >= 11 is 0. The molecule has 14 heteroatoms. The van der Waals surface area contributed by atoms with Crippen molar-refractivity contribution in [3.63, 3.8) is 0 Å². The molecule has 0 saturated carbocycles. The van der Waals surface area contributed by atoms with E-state index >= 15 is 0 Å². The molecule has 8 nitrogen and oxygen atoms in total. The molecule has 3 rings (SSSR count). The van der Waals surface area contributed by atoms with Crippen molar-refractivity contribution >= 4 is 11.8 Å². The van der Waals surface area contributed by atoms with E-state index in [1.54, 1.807) is 0 Å². The van der Waals surface area contributed by atoms with E-state index in [2.05, 4.69) is 15.5 Å². The molecule has 35 heavy (non-hydrogen) atoms. The zero-order valence-corrected chi connectivity index (χ0v) is 18.4. The zero-order chi connectivity index (χ0) is 25.8. The highest BCUT2D eigenvalue weighted by Crippen LogP contribution is 2.29. The third kappa shape index (κ3) is 6.71. The van der Waals surface area contributed by atoms with Crippen LogP contribution >= 0.6 is 0 Å². The molecule has 0 spiro atoms. The lowest BCUT2D eigenvalue weighted by atomic mass is 10.0. The summed E-state index contributed by atoms with van der Waals surface area (Å²) < 4.78 is 81.0. The van der Waals surface area contributed by atoms with Gasteiger partial charge in [-0.2, -0.15) is 13.2 Å². The molecule has 1 aliphatic heterocycles. The van der Waals surface area contributed by atoms with Crippen LogP contribution in [0, 0.1) is 17.5 Å². The molecule has 2 aromatic rings. The van der Waals surface area contributed by atoms with Gasteiger partial charge in [0.2, 0.25) is 17.6 Å². The number of halogens is 6. The number of amides is 2. The Morgan fingerprint density at radius 1 is 1.06 bits per heavy atom. The number of hydrogen-bond donors (Lipinski definition) is 2. The number of nitrogens with one attached hydrogen (secondary N) is 1. The van der Waals surface area contributed by atoms with Gasteiger partial charge in [0.15, 0.2) is 17.5 Å². The third-order valence-electron chi connectivity index (χ3n) is 5.51. The number of benzene rings is 1. The highest BCUT2D eigenvalue weighted by atomic mass is 19.4. The Morgan fingerprint density at radius 3 is 2.46 bits per heavy atom. The first-order chi connectivity index (χ1) is 16.5. The number of aromatic nitrogens is 3. The molecule has 192 valence electrons. The second-order valence-corrected chi connectivity index (χ2v) is 8.12. The first-order valence-corrected chi connectivity index (χ1v) is 10.8. The number of unbranched alkanes of at least 4 members (excludes halogenated alkanes) is 1. The van der Waals surface area contributed by atoms with Crippen molar-refractivity contribution in [2.75, 3.05) is 13.2 Å². The molecule has 1 aromatic heterocycles. The van der Waals surface area contributed by atoms with Crippen LogP contribution in [0.2, 0.25) is 0 Å². The normalized spacial score (nSPS) is 14.5. The summed E-state index contributed by atoms with van der Waals surface area (Å²) in [6.45, 7) is -0.647. The molecule has 0 fully saturated rings. The molecular formula is C21H23F6N5O3. The van der Waals surface area contributed by atoms with E-state index < -0.39 is 47.3 Å². The molecule has 2 amide bonds. The average molecular weight is 507 g/mol. The van der Waals surface area contributed by atoms with Gasteiger partial charge in [-0.25, -0.2) is 13.2 Å². The minimum absolute atomic E-state index is 0.0125. The van der Waals surface area contributed by atoms with Crippen LogP contribution in [0.4, 0.5) is 26.3 Å². The molecule has 1 aliphatic rings. The zero-order valence-electron chi connectivity index (χ0n) is 18.4. The quantitative estimate of drug-likeness (QED) is 0.308. The van der Waals surface area contributed by atoms with Gasteiger partial charge in [0.1, 0.15) is 5.82 Å². The van der Waals surface area contributed by atoms with E-state index in [4.69, 9.17) is 5.11 Å². The summed E-state index contributed by atoms with van der Waals surface area (Å²) in [5, 5.41) is 18.1. The third-order valence-corrected chi connectivity index (χ3v) is 5.51. The van der Waals surface area contributed by atoms with Gasteiger partial charge in [-0.3, -0.25) is 9.59 Å². The van der Waals surface area contributed by atoms with Crippen LogP contribution in [0.25, 0.3) is 0 Å². The smallest absolute Gasteiger partial charge is 0.396 e. The van der Waals surface area contributed by atoms with E-state index in [9.17, 15) is 35.9 Å². The van der Waals surface area contributed by atoms with Gasteiger partial charge < -0.3 is 19.9 Å². The Bertz CT molecular complexity index is 1070. The van der Waals surface area contributed by atoms with Crippen molar-refractivity contribution in [2.45, 2.75) is 57.4 Å². The number of nitrogens with zero attached hydrogens (tertiary/aromatic N) is 4. The van der Waals surface area contributed by atoms with E-state index in [0.29, 0.717) is 25.0 Å². The number of carbonyl (C=O) groups excluding carboxylic acids is 2. The molecule has 1 aromatic carbocycles. The highest BCUT2D eigenvalue weighted by Gasteiger charge is 2.40. The Morgan fingerprint density at radius 2 is 1.77 bits per heavy atom. The van der Waals surface area contributed by atoms with Crippen molar-refractivity contribution in [3.05, 3.63) is 46.8 Å². The Balaban J connectivity index is 1.72. The summed E-state index contributed by atoms with van der Waals surface area (Å²) in [5.74, 6) is -6.01. The number of hydrogen-bond acceptors (Lipinski definition) is 5. The summed E-state index contributed by atoms with van der Waals surface area (Å²) in [4.78, 5) is 26.4. The minimum Gasteiger partial charge on any atom is -0.396 e. The topological polar surface area (TPSA) is 100 Å². The molecule has 0 bridgehead atoms. The average Bonchev–Trinajstić information content (AvgIpc) is 3.21. The fraction of sp³-hybridized carbons (Fsp3) is 0.524. The van der Waals surface area contributed by atoms with Crippen LogP contribution < -0.4 is 5.32 Å². The lowest BCUT2D eigenvalue weighted by molar-refractivity contribution is -0.148. The SMILES string of the molecule is O=C(CCCCO)N[C@@H](CC(=O)N1CCn2c(nnc2C(F)(F)F)C1)Cc1cc(F)c(F)cc1F. The number of aliphatic hydroxyl groups is 1. The molecule has 0 radical (unpaired) electrons. The molecule has 0 unspecified atom stereocenters. The van der Waals surface area contributed by atoms with Gasteiger partial charge >= 0.3 is 6.18 Å². The van der Waals surface area contributed by atoms with Crippen LogP contribution in [0.15, 0.2) is 12.1 Å².